The zero-order valence-corrected chi connectivity index (χ0v) is 16.6. The van der Waals surface area contributed by atoms with Gasteiger partial charge in [0.1, 0.15) is 5.54 Å². The molecule has 0 N–H and O–H groups in total. The second-order valence-corrected chi connectivity index (χ2v) is 8.02. The van der Waals surface area contributed by atoms with Crippen molar-refractivity contribution in [3.05, 3.63) is 62.5 Å². The van der Waals surface area contributed by atoms with Crippen LogP contribution in [-0.2, 0) is 16.8 Å². The average molecular weight is 453 g/mol. The van der Waals surface area contributed by atoms with E-state index in [9.17, 15) is 4.79 Å². The van der Waals surface area contributed by atoms with E-state index in [1.165, 1.54) is 4.90 Å². The summed E-state index contributed by atoms with van der Waals surface area (Å²) >= 11 is 15.6. The van der Waals surface area contributed by atoms with Crippen LogP contribution in [0.25, 0.3) is 0 Å². The van der Waals surface area contributed by atoms with E-state index >= 15 is 0 Å². The fourth-order valence-corrected chi connectivity index (χ4v) is 3.89. The van der Waals surface area contributed by atoms with E-state index in [0.29, 0.717) is 28.1 Å². The minimum absolute atomic E-state index is 0.170. The molecule has 9 heteroatoms. The predicted octanol–water partition coefficient (Wildman–Crippen LogP) is 4.38. The fourth-order valence-electron chi connectivity index (χ4n) is 3.11. The van der Waals surface area contributed by atoms with Crippen molar-refractivity contribution in [2.75, 3.05) is 4.90 Å². The second-order valence-electron chi connectivity index (χ2n) is 6.24. The molecular formula is C17H12BrCl2N5O. The van der Waals surface area contributed by atoms with Gasteiger partial charge in [-0.3, -0.25) is 4.79 Å². The summed E-state index contributed by atoms with van der Waals surface area (Å²) in [5.41, 5.74) is 0.570. The lowest BCUT2D eigenvalue weighted by molar-refractivity contribution is -0.124. The van der Waals surface area contributed by atoms with E-state index in [2.05, 4.69) is 31.5 Å². The lowest BCUT2D eigenvalue weighted by Gasteiger charge is -2.23. The predicted molar refractivity (Wildman–Crippen MR) is 103 cm³/mol. The molecule has 6 nitrogen and oxygen atoms in total. The third kappa shape index (κ3) is 2.80. The molecule has 1 aliphatic rings. The second kappa shape index (κ2) is 6.33. The van der Waals surface area contributed by atoms with Gasteiger partial charge in [-0.05, 0) is 53.2 Å². The molecule has 0 saturated carbocycles. The molecule has 1 amide bonds. The van der Waals surface area contributed by atoms with Crippen LogP contribution in [0.3, 0.4) is 0 Å². The molecule has 3 aromatic rings. The van der Waals surface area contributed by atoms with Crippen molar-refractivity contribution in [3.8, 4) is 0 Å². The number of aromatic nitrogens is 4. The third-order valence-corrected chi connectivity index (χ3v) is 5.32. The normalized spacial score (nSPS) is 19.1. The smallest absolute Gasteiger partial charge is 0.262 e. The number of anilines is 2. The van der Waals surface area contributed by atoms with E-state index < -0.39 is 5.54 Å². The van der Waals surface area contributed by atoms with E-state index in [4.69, 9.17) is 23.2 Å². The molecule has 0 fully saturated rings. The zero-order valence-electron chi connectivity index (χ0n) is 13.5. The Morgan fingerprint density at radius 1 is 1.12 bits per heavy atom. The Labute approximate surface area is 167 Å². The van der Waals surface area contributed by atoms with Gasteiger partial charge in [0, 0.05) is 20.9 Å². The van der Waals surface area contributed by atoms with Crippen molar-refractivity contribution >= 4 is 56.7 Å². The molecule has 1 atom stereocenters. The molecule has 0 aliphatic carbocycles. The SMILES string of the molecule is CC1(Cc2ccc(Br)cc2)C(=O)N(c2cc(Cl)cc(Cl)c2)c2nnnn21. The summed E-state index contributed by atoms with van der Waals surface area (Å²) in [6.07, 6.45) is 0.446. The number of tetrazole rings is 1. The Bertz CT molecular complexity index is 986. The number of hydrogen-bond donors (Lipinski definition) is 0. The summed E-state index contributed by atoms with van der Waals surface area (Å²) in [5.74, 6) is 0.170. The van der Waals surface area contributed by atoms with Crippen molar-refractivity contribution in [2.45, 2.75) is 18.9 Å². The van der Waals surface area contributed by atoms with Crippen LogP contribution < -0.4 is 4.90 Å². The van der Waals surface area contributed by atoms with Crippen molar-refractivity contribution in [3.63, 3.8) is 0 Å². The van der Waals surface area contributed by atoms with E-state index in [1.807, 2.05) is 31.2 Å². The quantitative estimate of drug-likeness (QED) is 0.591. The van der Waals surface area contributed by atoms with Crippen LogP contribution in [0, 0.1) is 0 Å². The van der Waals surface area contributed by atoms with Crippen LogP contribution in [0.1, 0.15) is 12.5 Å². The lowest BCUT2D eigenvalue weighted by Crippen LogP contribution is -2.41. The maximum atomic E-state index is 13.3. The molecule has 0 spiro atoms. The number of fused-ring (bicyclic) bond motifs is 1. The first-order valence-corrected chi connectivity index (χ1v) is 9.27. The van der Waals surface area contributed by atoms with Gasteiger partial charge in [-0.15, -0.1) is 0 Å². The van der Waals surface area contributed by atoms with Crippen LogP contribution >= 0.6 is 39.1 Å². The molecule has 1 aliphatic heterocycles. The molecule has 2 aromatic carbocycles. The minimum atomic E-state index is -0.957. The number of benzene rings is 2. The standard InChI is InChI=1S/C17H12BrCl2N5O/c1-17(9-10-2-4-11(18)5-3-10)15(26)24(16-21-22-23-25(16)17)14-7-12(19)6-13(20)8-14/h2-8H,9H2,1H3. The highest BCUT2D eigenvalue weighted by atomic mass is 79.9. The monoisotopic (exact) mass is 451 g/mol. The van der Waals surface area contributed by atoms with Crippen molar-refractivity contribution in [1.29, 1.82) is 0 Å². The van der Waals surface area contributed by atoms with Gasteiger partial charge >= 0.3 is 0 Å². The number of halogens is 3. The molecule has 2 heterocycles. The van der Waals surface area contributed by atoms with Gasteiger partial charge < -0.3 is 0 Å². The fraction of sp³-hybridized carbons (Fsp3) is 0.176. The molecule has 0 saturated heterocycles. The number of amides is 1. The summed E-state index contributed by atoms with van der Waals surface area (Å²) in [4.78, 5) is 14.8. The third-order valence-electron chi connectivity index (χ3n) is 4.35. The van der Waals surface area contributed by atoms with E-state index in [0.717, 1.165) is 10.0 Å². The van der Waals surface area contributed by atoms with Crippen LogP contribution in [0.4, 0.5) is 11.6 Å². The van der Waals surface area contributed by atoms with Gasteiger partial charge in [-0.2, -0.15) is 4.68 Å². The summed E-state index contributed by atoms with van der Waals surface area (Å²) in [5, 5.41) is 12.7. The highest BCUT2D eigenvalue weighted by Crippen LogP contribution is 2.40. The summed E-state index contributed by atoms with van der Waals surface area (Å²) in [6.45, 7) is 1.82. The van der Waals surface area contributed by atoms with Crippen molar-refractivity contribution in [1.82, 2.24) is 20.2 Å². The number of carbonyl (C=O) groups excluding carboxylic acids is 1. The van der Waals surface area contributed by atoms with Gasteiger partial charge in [-0.25, -0.2) is 4.90 Å². The number of nitrogens with zero attached hydrogens (tertiary/aromatic N) is 5. The highest BCUT2D eigenvalue weighted by molar-refractivity contribution is 9.10. The van der Waals surface area contributed by atoms with Crippen LogP contribution in [0.2, 0.25) is 10.0 Å². The molecule has 1 aromatic heterocycles. The minimum Gasteiger partial charge on any atom is -0.271 e. The highest BCUT2D eigenvalue weighted by Gasteiger charge is 2.50. The Morgan fingerprint density at radius 3 is 2.42 bits per heavy atom. The first-order valence-electron chi connectivity index (χ1n) is 7.72. The van der Waals surface area contributed by atoms with Crippen molar-refractivity contribution < 1.29 is 4.79 Å². The number of carbonyl (C=O) groups is 1. The van der Waals surface area contributed by atoms with Gasteiger partial charge in [0.15, 0.2) is 0 Å². The summed E-state index contributed by atoms with van der Waals surface area (Å²) < 4.78 is 2.52. The molecule has 26 heavy (non-hydrogen) atoms. The molecule has 0 radical (unpaired) electrons. The van der Waals surface area contributed by atoms with Crippen LogP contribution in [-0.4, -0.2) is 26.1 Å². The zero-order chi connectivity index (χ0) is 18.5. The average Bonchev–Trinajstić information content (AvgIpc) is 3.12. The summed E-state index contributed by atoms with van der Waals surface area (Å²) in [7, 11) is 0. The molecule has 132 valence electrons. The van der Waals surface area contributed by atoms with Gasteiger partial charge in [0.05, 0.1) is 5.69 Å². The van der Waals surface area contributed by atoms with E-state index in [-0.39, 0.29) is 5.91 Å². The Hall–Kier alpha value is -1.96. The Morgan fingerprint density at radius 2 is 1.77 bits per heavy atom. The Balaban J connectivity index is 1.79. The first-order chi connectivity index (χ1) is 12.4. The van der Waals surface area contributed by atoms with E-state index in [1.54, 1.807) is 22.9 Å². The van der Waals surface area contributed by atoms with Crippen molar-refractivity contribution in [2.24, 2.45) is 0 Å². The van der Waals surface area contributed by atoms with Gasteiger partial charge in [-0.1, -0.05) is 56.4 Å². The summed E-state index contributed by atoms with van der Waals surface area (Å²) in [6, 6.07) is 12.7. The largest absolute Gasteiger partial charge is 0.271 e. The topological polar surface area (TPSA) is 63.9 Å². The maximum absolute atomic E-state index is 13.3. The van der Waals surface area contributed by atoms with Gasteiger partial charge in [0.25, 0.3) is 11.9 Å². The van der Waals surface area contributed by atoms with Crippen LogP contribution in [0.5, 0.6) is 0 Å². The van der Waals surface area contributed by atoms with Crippen LogP contribution in [0.15, 0.2) is 46.9 Å². The molecule has 1 unspecified atom stereocenters. The molecular weight excluding hydrogens is 441 g/mol. The number of hydrogen-bond acceptors (Lipinski definition) is 4. The lowest BCUT2D eigenvalue weighted by atomic mass is 9.92. The Kier molecular flexibility index (Phi) is 4.25. The molecule has 4 rings (SSSR count). The maximum Gasteiger partial charge on any atom is 0.262 e. The first kappa shape index (κ1) is 17.5. The molecule has 0 bridgehead atoms. The number of rotatable bonds is 3. The van der Waals surface area contributed by atoms with Gasteiger partial charge in [0.2, 0.25) is 0 Å².